The lowest BCUT2D eigenvalue weighted by Gasteiger charge is -2.23. The molecule has 1 N–H and O–H groups in total. The molecule has 104 valence electrons. The van der Waals surface area contributed by atoms with Gasteiger partial charge in [0.05, 0.1) is 35.3 Å². The van der Waals surface area contributed by atoms with Gasteiger partial charge in [-0.15, -0.1) is 0 Å². The maximum Gasteiger partial charge on any atom is 0.283 e. The highest BCUT2D eigenvalue weighted by Gasteiger charge is 2.15. The molecule has 6 nitrogen and oxygen atoms in total. The summed E-state index contributed by atoms with van der Waals surface area (Å²) in [6.45, 7) is 3.09. The van der Waals surface area contributed by atoms with Crippen LogP contribution in [0.5, 0.6) is 0 Å². The molecule has 0 aromatic heterocycles. The second-order valence-electron chi connectivity index (χ2n) is 4.24. The van der Waals surface area contributed by atoms with Crippen LogP contribution in [-0.2, 0) is 16.0 Å². The lowest BCUT2D eigenvalue weighted by atomic mass is 10.2. The highest BCUT2D eigenvalue weighted by atomic mass is 79.9. The molecule has 1 aromatic carbocycles. The zero-order chi connectivity index (χ0) is 13.7. The maximum absolute atomic E-state index is 10.8. The van der Waals surface area contributed by atoms with Crippen LogP contribution >= 0.6 is 15.9 Å². The Balaban J connectivity index is 1.85. The van der Waals surface area contributed by atoms with E-state index in [2.05, 4.69) is 21.2 Å². The third kappa shape index (κ3) is 4.24. The van der Waals surface area contributed by atoms with Crippen LogP contribution in [0.3, 0.4) is 0 Å². The Kier molecular flexibility index (Phi) is 5.26. The number of benzene rings is 1. The summed E-state index contributed by atoms with van der Waals surface area (Å²) in [7, 11) is 0. The minimum atomic E-state index is -0.397. The van der Waals surface area contributed by atoms with E-state index in [1.165, 1.54) is 0 Å². The summed E-state index contributed by atoms with van der Waals surface area (Å²) in [5.41, 5.74) is 0.947. The fourth-order valence-corrected chi connectivity index (χ4v) is 2.23. The molecular formula is C12H15BrN2O4. The van der Waals surface area contributed by atoms with Crippen molar-refractivity contribution in [2.75, 3.05) is 26.4 Å². The monoisotopic (exact) mass is 330 g/mol. The summed E-state index contributed by atoms with van der Waals surface area (Å²) in [6.07, 6.45) is 0.0548. The van der Waals surface area contributed by atoms with Gasteiger partial charge < -0.3 is 14.8 Å². The van der Waals surface area contributed by atoms with Crippen LogP contribution < -0.4 is 5.32 Å². The van der Waals surface area contributed by atoms with Gasteiger partial charge in [-0.3, -0.25) is 10.1 Å². The first kappa shape index (κ1) is 14.4. The molecule has 19 heavy (non-hydrogen) atoms. The van der Waals surface area contributed by atoms with E-state index in [1.807, 2.05) is 6.07 Å². The second kappa shape index (κ2) is 6.95. The predicted molar refractivity (Wildman–Crippen MR) is 73.1 cm³/mol. The average molecular weight is 331 g/mol. The standard InChI is InChI=1S/C12H15BrN2O4/c13-11-2-1-9(5-12(11)15(16)17)6-14-7-10-8-18-3-4-19-10/h1-2,5,10,14H,3-4,6-8H2. The van der Waals surface area contributed by atoms with Gasteiger partial charge in [0.1, 0.15) is 0 Å². The van der Waals surface area contributed by atoms with Crippen molar-refractivity contribution in [3.63, 3.8) is 0 Å². The van der Waals surface area contributed by atoms with Crippen LogP contribution in [-0.4, -0.2) is 37.4 Å². The van der Waals surface area contributed by atoms with Crippen molar-refractivity contribution in [1.29, 1.82) is 0 Å². The van der Waals surface area contributed by atoms with E-state index in [0.29, 0.717) is 37.4 Å². The van der Waals surface area contributed by atoms with E-state index >= 15 is 0 Å². The van der Waals surface area contributed by atoms with E-state index in [9.17, 15) is 10.1 Å². The van der Waals surface area contributed by atoms with Gasteiger partial charge in [0.25, 0.3) is 5.69 Å². The molecule has 1 atom stereocenters. The zero-order valence-corrected chi connectivity index (χ0v) is 11.9. The number of hydrogen-bond donors (Lipinski definition) is 1. The van der Waals surface area contributed by atoms with Gasteiger partial charge in [0.15, 0.2) is 0 Å². The number of nitrogens with zero attached hydrogens (tertiary/aromatic N) is 1. The third-order valence-corrected chi connectivity index (χ3v) is 3.46. The van der Waals surface area contributed by atoms with Crippen LogP contribution in [0.1, 0.15) is 5.56 Å². The van der Waals surface area contributed by atoms with Crippen molar-refractivity contribution < 1.29 is 14.4 Å². The number of rotatable bonds is 5. The average Bonchev–Trinajstić information content (AvgIpc) is 2.41. The number of nitro groups is 1. The first-order chi connectivity index (χ1) is 9.16. The third-order valence-electron chi connectivity index (χ3n) is 2.79. The fraction of sp³-hybridized carbons (Fsp3) is 0.500. The molecule has 0 amide bonds. The molecule has 0 saturated carbocycles. The summed E-state index contributed by atoms with van der Waals surface area (Å²) in [5, 5.41) is 14.0. The lowest BCUT2D eigenvalue weighted by molar-refractivity contribution is -0.385. The molecule has 1 heterocycles. The predicted octanol–water partition coefficient (Wildman–Crippen LogP) is 1.86. The molecule has 1 aliphatic rings. The molecule has 1 saturated heterocycles. The Morgan fingerprint density at radius 2 is 2.32 bits per heavy atom. The molecule has 2 rings (SSSR count). The molecule has 1 aliphatic heterocycles. The van der Waals surface area contributed by atoms with Gasteiger partial charge in [-0.1, -0.05) is 6.07 Å². The SMILES string of the molecule is O=[N+]([O-])c1cc(CNCC2COCCO2)ccc1Br. The summed E-state index contributed by atoms with van der Waals surface area (Å²) < 4.78 is 11.3. The molecule has 0 radical (unpaired) electrons. The van der Waals surface area contributed by atoms with E-state index in [0.717, 1.165) is 5.56 Å². The smallest absolute Gasteiger partial charge is 0.283 e. The number of ether oxygens (including phenoxy) is 2. The van der Waals surface area contributed by atoms with Crippen LogP contribution in [0, 0.1) is 10.1 Å². The van der Waals surface area contributed by atoms with Crippen LogP contribution in [0.4, 0.5) is 5.69 Å². The van der Waals surface area contributed by atoms with Gasteiger partial charge in [0.2, 0.25) is 0 Å². The highest BCUT2D eigenvalue weighted by molar-refractivity contribution is 9.10. The van der Waals surface area contributed by atoms with Crippen molar-refractivity contribution in [3.8, 4) is 0 Å². The minimum absolute atomic E-state index is 0.0548. The van der Waals surface area contributed by atoms with Crippen LogP contribution in [0.2, 0.25) is 0 Å². The Bertz CT molecular complexity index is 449. The summed E-state index contributed by atoms with van der Waals surface area (Å²) in [6, 6.07) is 5.10. The van der Waals surface area contributed by atoms with Crippen molar-refractivity contribution in [1.82, 2.24) is 5.32 Å². The van der Waals surface area contributed by atoms with Gasteiger partial charge in [-0.25, -0.2) is 0 Å². The van der Waals surface area contributed by atoms with E-state index in [-0.39, 0.29) is 11.8 Å². The van der Waals surface area contributed by atoms with Crippen LogP contribution in [0.25, 0.3) is 0 Å². The van der Waals surface area contributed by atoms with Gasteiger partial charge >= 0.3 is 0 Å². The van der Waals surface area contributed by atoms with Crippen LogP contribution in [0.15, 0.2) is 22.7 Å². The van der Waals surface area contributed by atoms with E-state index < -0.39 is 4.92 Å². The largest absolute Gasteiger partial charge is 0.376 e. The van der Waals surface area contributed by atoms with E-state index in [4.69, 9.17) is 9.47 Å². The summed E-state index contributed by atoms with van der Waals surface area (Å²) in [5.74, 6) is 0. The van der Waals surface area contributed by atoms with Gasteiger partial charge in [-0.05, 0) is 27.6 Å². The normalized spacial score (nSPS) is 19.3. The molecule has 0 bridgehead atoms. The minimum Gasteiger partial charge on any atom is -0.376 e. The first-order valence-corrected chi connectivity index (χ1v) is 6.79. The summed E-state index contributed by atoms with van der Waals surface area (Å²) >= 11 is 3.16. The molecular weight excluding hydrogens is 316 g/mol. The molecule has 1 unspecified atom stereocenters. The Labute approximate surface area is 119 Å². The molecule has 1 aromatic rings. The van der Waals surface area contributed by atoms with Crippen molar-refractivity contribution >= 4 is 21.6 Å². The van der Waals surface area contributed by atoms with Gasteiger partial charge in [-0.2, -0.15) is 0 Å². The number of hydrogen-bond acceptors (Lipinski definition) is 5. The highest BCUT2D eigenvalue weighted by Crippen LogP contribution is 2.25. The second-order valence-corrected chi connectivity index (χ2v) is 5.10. The lowest BCUT2D eigenvalue weighted by Crippen LogP contribution is -2.37. The molecule has 7 heteroatoms. The van der Waals surface area contributed by atoms with Crippen molar-refractivity contribution in [3.05, 3.63) is 38.3 Å². The fourth-order valence-electron chi connectivity index (χ4n) is 1.84. The quantitative estimate of drug-likeness (QED) is 0.659. The van der Waals surface area contributed by atoms with Gasteiger partial charge in [0, 0.05) is 19.2 Å². The first-order valence-electron chi connectivity index (χ1n) is 5.99. The summed E-state index contributed by atoms with van der Waals surface area (Å²) in [4.78, 5) is 10.4. The number of halogens is 1. The zero-order valence-electron chi connectivity index (χ0n) is 10.3. The Morgan fingerprint density at radius 1 is 1.47 bits per heavy atom. The topological polar surface area (TPSA) is 73.6 Å². The van der Waals surface area contributed by atoms with E-state index in [1.54, 1.807) is 12.1 Å². The number of nitro benzene ring substituents is 1. The van der Waals surface area contributed by atoms with Crippen molar-refractivity contribution in [2.45, 2.75) is 12.6 Å². The van der Waals surface area contributed by atoms with Crippen molar-refractivity contribution in [2.24, 2.45) is 0 Å². The number of nitrogens with one attached hydrogen (secondary N) is 1. The maximum atomic E-state index is 10.8. The Hall–Kier alpha value is -1.02. The molecule has 0 aliphatic carbocycles. The Morgan fingerprint density at radius 3 is 3.00 bits per heavy atom. The molecule has 1 fully saturated rings. The molecule has 0 spiro atoms.